The van der Waals surface area contributed by atoms with Gasteiger partial charge in [-0.15, -0.1) is 0 Å². The summed E-state index contributed by atoms with van der Waals surface area (Å²) in [6, 6.07) is -5.24. The minimum absolute atomic E-state index is 0.310. The third-order valence-corrected chi connectivity index (χ3v) is 6.11. The van der Waals surface area contributed by atoms with Gasteiger partial charge in [-0.1, -0.05) is 27.7 Å². The minimum atomic E-state index is -1.47. The summed E-state index contributed by atoms with van der Waals surface area (Å²) in [4.78, 5) is 74.0. The summed E-state index contributed by atoms with van der Waals surface area (Å²) in [5, 5.41) is 34.5. The highest BCUT2D eigenvalue weighted by Crippen LogP contribution is 2.06. The Kier molecular flexibility index (Phi) is 13.1. The maximum Gasteiger partial charge on any atom is 0.326 e. The van der Waals surface area contributed by atoms with Gasteiger partial charge in [-0.3, -0.25) is 24.0 Å². The van der Waals surface area contributed by atoms with E-state index in [9.17, 15) is 39.0 Å². The van der Waals surface area contributed by atoms with E-state index in [1.165, 1.54) is 13.8 Å². The molecule has 0 aromatic carbocycles. The molecule has 1 saturated heterocycles. The number of aliphatic hydroxyl groups is 1. The molecular formula is C24H42N6O8. The Hall–Kier alpha value is -3.26. The number of carboxylic acids is 1. The summed E-state index contributed by atoms with van der Waals surface area (Å²) in [6.45, 7) is 9.56. The summed E-state index contributed by atoms with van der Waals surface area (Å²) in [7, 11) is 0. The molecule has 0 saturated carbocycles. The number of rotatable bonds is 14. The molecule has 0 bridgehead atoms. The van der Waals surface area contributed by atoms with Crippen LogP contribution in [0, 0.1) is 11.8 Å². The molecule has 1 aliphatic heterocycles. The second kappa shape index (κ2) is 15.2. The van der Waals surface area contributed by atoms with Gasteiger partial charge in [0.1, 0.15) is 24.2 Å². The third-order valence-electron chi connectivity index (χ3n) is 6.11. The van der Waals surface area contributed by atoms with Crippen LogP contribution in [0.4, 0.5) is 0 Å². The Morgan fingerprint density at radius 1 is 0.789 bits per heavy atom. The van der Waals surface area contributed by atoms with E-state index < -0.39 is 71.7 Å². The van der Waals surface area contributed by atoms with Crippen LogP contribution in [0.3, 0.4) is 0 Å². The molecule has 0 unspecified atom stereocenters. The molecule has 8 N–H and O–H groups in total. The van der Waals surface area contributed by atoms with Gasteiger partial charge < -0.3 is 42.1 Å². The molecule has 5 amide bonds. The summed E-state index contributed by atoms with van der Waals surface area (Å²) in [5.41, 5.74) is 0. The lowest BCUT2D eigenvalue weighted by molar-refractivity contribution is -0.143. The van der Waals surface area contributed by atoms with E-state index in [1.54, 1.807) is 27.7 Å². The number of hydrogen-bond donors (Lipinski definition) is 8. The van der Waals surface area contributed by atoms with E-state index in [2.05, 4.69) is 31.9 Å². The average molecular weight is 543 g/mol. The van der Waals surface area contributed by atoms with Crippen LogP contribution in [0.1, 0.15) is 54.4 Å². The molecule has 1 fully saturated rings. The number of carboxylic acid groups (broad SMARTS) is 1. The number of aliphatic hydroxyl groups excluding tert-OH is 1. The van der Waals surface area contributed by atoms with E-state index in [4.69, 9.17) is 0 Å². The monoisotopic (exact) mass is 542 g/mol. The minimum Gasteiger partial charge on any atom is -0.480 e. The molecule has 6 atom stereocenters. The Labute approximate surface area is 222 Å². The lowest BCUT2D eigenvalue weighted by atomic mass is 10.0. The van der Waals surface area contributed by atoms with E-state index >= 15 is 0 Å². The number of hydrogen-bond acceptors (Lipinski definition) is 8. The maximum absolute atomic E-state index is 12.9. The Bertz CT molecular complexity index is 872. The van der Waals surface area contributed by atoms with Crippen molar-refractivity contribution in [1.82, 2.24) is 31.9 Å². The van der Waals surface area contributed by atoms with E-state index in [1.807, 2.05) is 0 Å². The first-order chi connectivity index (χ1) is 17.6. The standard InChI is InChI=1S/C24H42N6O8/c1-11(2)17(28-16(32)10-26-21(34)15-8-7-9-25-15)22(35)30-19(14(6)31)23(36)27-13(5)20(33)29-18(12(3)4)24(37)38/h11-15,17-19,25,31H,7-10H2,1-6H3,(H,26,34)(H,27,36)(H,28,32)(H,29,33)(H,30,35)(H,37,38)/t13-,14+,15-,17-,18-,19-/m0/s1. The Balaban J connectivity index is 2.75. The smallest absolute Gasteiger partial charge is 0.326 e. The molecule has 1 rings (SSSR count). The zero-order valence-corrected chi connectivity index (χ0v) is 22.8. The van der Waals surface area contributed by atoms with Gasteiger partial charge in [-0.2, -0.15) is 0 Å². The van der Waals surface area contributed by atoms with Gasteiger partial charge in [0.2, 0.25) is 29.5 Å². The van der Waals surface area contributed by atoms with Crippen LogP contribution < -0.4 is 31.9 Å². The fourth-order valence-electron chi connectivity index (χ4n) is 3.77. The molecule has 0 aromatic heterocycles. The zero-order chi connectivity index (χ0) is 29.2. The van der Waals surface area contributed by atoms with Crippen LogP contribution in [0.2, 0.25) is 0 Å². The first kappa shape index (κ1) is 32.8. The van der Waals surface area contributed by atoms with Crippen molar-refractivity contribution in [1.29, 1.82) is 0 Å². The van der Waals surface area contributed by atoms with Crippen molar-refractivity contribution in [3.63, 3.8) is 0 Å². The summed E-state index contributed by atoms with van der Waals surface area (Å²) < 4.78 is 0. The molecule has 0 spiro atoms. The highest BCUT2D eigenvalue weighted by atomic mass is 16.4. The molecule has 0 radical (unpaired) electrons. The van der Waals surface area contributed by atoms with Crippen molar-refractivity contribution in [3.8, 4) is 0 Å². The normalized spacial score (nSPS) is 19.0. The fraction of sp³-hybridized carbons (Fsp3) is 0.750. The van der Waals surface area contributed by atoms with Crippen molar-refractivity contribution in [3.05, 3.63) is 0 Å². The molecule has 1 aliphatic rings. The van der Waals surface area contributed by atoms with Crippen LogP contribution in [-0.4, -0.2) is 95.1 Å². The van der Waals surface area contributed by atoms with Gasteiger partial charge in [0.15, 0.2) is 0 Å². The molecule has 14 nitrogen and oxygen atoms in total. The highest BCUT2D eigenvalue weighted by molar-refractivity contribution is 5.95. The van der Waals surface area contributed by atoms with Crippen LogP contribution in [-0.2, 0) is 28.8 Å². The number of amides is 5. The lowest BCUT2D eigenvalue weighted by Crippen LogP contribution is -2.61. The maximum atomic E-state index is 12.9. The number of aliphatic carboxylic acids is 1. The van der Waals surface area contributed by atoms with Crippen molar-refractivity contribution in [2.24, 2.45) is 11.8 Å². The van der Waals surface area contributed by atoms with E-state index in [0.717, 1.165) is 13.0 Å². The van der Waals surface area contributed by atoms with Gasteiger partial charge >= 0.3 is 5.97 Å². The van der Waals surface area contributed by atoms with Gasteiger partial charge in [-0.05, 0) is 45.1 Å². The van der Waals surface area contributed by atoms with Crippen molar-refractivity contribution in [2.75, 3.05) is 13.1 Å². The lowest BCUT2D eigenvalue weighted by Gasteiger charge is -2.27. The average Bonchev–Trinajstić information content (AvgIpc) is 3.36. The zero-order valence-electron chi connectivity index (χ0n) is 22.8. The van der Waals surface area contributed by atoms with Crippen LogP contribution in [0.25, 0.3) is 0 Å². The van der Waals surface area contributed by atoms with Crippen LogP contribution >= 0.6 is 0 Å². The molecule has 0 aromatic rings. The fourth-order valence-corrected chi connectivity index (χ4v) is 3.77. The van der Waals surface area contributed by atoms with Crippen molar-refractivity contribution < 1.29 is 39.0 Å². The van der Waals surface area contributed by atoms with Crippen LogP contribution in [0.15, 0.2) is 0 Å². The SMILES string of the molecule is CC(C)[C@H](NC(=O)[C@H](C)NC(=O)[C@@H](NC(=O)[C@@H](NC(=O)CNC(=O)[C@@H]1CCCN1)C(C)C)[C@@H](C)O)C(=O)O. The summed E-state index contributed by atoms with van der Waals surface area (Å²) >= 11 is 0. The van der Waals surface area contributed by atoms with Gasteiger partial charge in [-0.25, -0.2) is 4.79 Å². The van der Waals surface area contributed by atoms with Crippen molar-refractivity contribution >= 4 is 35.5 Å². The van der Waals surface area contributed by atoms with E-state index in [0.29, 0.717) is 6.42 Å². The Morgan fingerprint density at radius 2 is 1.34 bits per heavy atom. The van der Waals surface area contributed by atoms with Gasteiger partial charge in [0.05, 0.1) is 18.7 Å². The highest BCUT2D eigenvalue weighted by Gasteiger charge is 2.33. The summed E-state index contributed by atoms with van der Waals surface area (Å²) in [6.07, 6.45) is 0.173. The predicted molar refractivity (Wildman–Crippen MR) is 136 cm³/mol. The molecule has 38 heavy (non-hydrogen) atoms. The third kappa shape index (κ3) is 10.2. The van der Waals surface area contributed by atoms with Gasteiger partial charge in [0.25, 0.3) is 0 Å². The number of carbonyl (C=O) groups is 6. The number of nitrogens with one attached hydrogen (secondary N) is 6. The van der Waals surface area contributed by atoms with E-state index in [-0.39, 0.29) is 18.5 Å². The number of carbonyl (C=O) groups excluding carboxylic acids is 5. The van der Waals surface area contributed by atoms with Gasteiger partial charge in [0, 0.05) is 0 Å². The second-order valence-electron chi connectivity index (χ2n) is 10.2. The quantitative estimate of drug-likeness (QED) is 0.117. The first-order valence-corrected chi connectivity index (χ1v) is 12.8. The summed E-state index contributed by atoms with van der Waals surface area (Å²) in [5.74, 6) is -5.33. The molecule has 216 valence electrons. The molecule has 0 aliphatic carbocycles. The predicted octanol–water partition coefficient (Wildman–Crippen LogP) is -2.41. The topological polar surface area (TPSA) is 215 Å². The second-order valence-corrected chi connectivity index (χ2v) is 10.2. The Morgan fingerprint density at radius 3 is 1.82 bits per heavy atom. The molecular weight excluding hydrogens is 500 g/mol. The molecule has 14 heteroatoms. The first-order valence-electron chi connectivity index (χ1n) is 12.8. The molecule has 1 heterocycles. The largest absolute Gasteiger partial charge is 0.480 e. The van der Waals surface area contributed by atoms with Crippen molar-refractivity contribution in [2.45, 2.75) is 90.7 Å². The van der Waals surface area contributed by atoms with Crippen LogP contribution in [0.5, 0.6) is 0 Å².